The molecule has 6 rings (SSSR count). The number of hydrogen-bond acceptors (Lipinski definition) is 6. The minimum absolute atomic E-state index is 0. The van der Waals surface area contributed by atoms with Gasteiger partial charge in [0.05, 0.1) is 11.2 Å². The number of carbonyl (C=O) groups is 2. The minimum atomic E-state index is -0.801. The predicted octanol–water partition coefficient (Wildman–Crippen LogP) is 9.14. The van der Waals surface area contributed by atoms with Crippen molar-refractivity contribution in [2.24, 2.45) is 0 Å². The second kappa shape index (κ2) is 19.5. The second-order valence-corrected chi connectivity index (χ2v) is 14.6. The van der Waals surface area contributed by atoms with E-state index in [-0.39, 0.29) is 30.6 Å². The summed E-state index contributed by atoms with van der Waals surface area (Å²) in [5.41, 5.74) is 2.68. The van der Waals surface area contributed by atoms with Crippen LogP contribution in [0, 0.1) is 18.6 Å². The predicted molar refractivity (Wildman–Crippen MR) is 208 cm³/mol. The average Bonchev–Trinajstić information content (AvgIpc) is 3.14. The van der Waals surface area contributed by atoms with Crippen molar-refractivity contribution in [1.82, 2.24) is 9.80 Å². The number of hydrogen-bond donors (Lipinski definition) is 2. The molecule has 2 heterocycles. The van der Waals surface area contributed by atoms with E-state index in [9.17, 15) is 28.6 Å². The molecule has 2 saturated heterocycles. The normalized spacial score (nSPS) is 16.9. The smallest absolute Gasteiger partial charge is 0.162 e. The van der Waals surface area contributed by atoms with E-state index in [1.54, 1.807) is 12.1 Å². The summed E-state index contributed by atoms with van der Waals surface area (Å²) in [5, 5.41) is 22.5. The van der Waals surface area contributed by atoms with Crippen molar-refractivity contribution in [3.05, 3.63) is 142 Å². The van der Waals surface area contributed by atoms with Crippen LogP contribution in [0.1, 0.15) is 96.2 Å². The summed E-state index contributed by atoms with van der Waals surface area (Å²) >= 11 is 5.92. The molecule has 4 aromatic rings. The molecule has 0 aliphatic carbocycles. The van der Waals surface area contributed by atoms with Crippen LogP contribution in [0.3, 0.4) is 0 Å². The molecule has 0 aromatic heterocycles. The van der Waals surface area contributed by atoms with Gasteiger partial charge in [-0.15, -0.1) is 0 Å². The van der Waals surface area contributed by atoms with Gasteiger partial charge in [-0.2, -0.15) is 0 Å². The standard InChI is InChI=1S/C22H26FNO2.C21H23ClFNO2.CH4/c1-17-4-8-19(9-5-17)22(26)12-15-24(16-13-22)14-2-3-21(25)18-6-10-20(23)11-7-18;22-18-7-5-17(6-8-18)21(26)11-14-24(15-12-21)13-1-2-20(25)16-3-9-19(23)10-4-16;/h4-11,26H,2-3,12-16H2,1H3;3-10,26H,1-2,11-15H2;1H4. The van der Waals surface area contributed by atoms with Crippen LogP contribution in [0.4, 0.5) is 8.78 Å². The number of carbonyl (C=O) groups excluding carboxylic acids is 2. The highest BCUT2D eigenvalue weighted by Crippen LogP contribution is 2.34. The summed E-state index contributed by atoms with van der Waals surface area (Å²) in [6.45, 7) is 6.96. The Kier molecular flexibility index (Phi) is 15.4. The van der Waals surface area contributed by atoms with Gasteiger partial charge in [-0.05, 0) is 130 Å². The molecule has 0 atom stereocenters. The van der Waals surface area contributed by atoms with E-state index in [0.717, 1.165) is 63.2 Å². The van der Waals surface area contributed by atoms with Gasteiger partial charge in [0.1, 0.15) is 11.6 Å². The fourth-order valence-electron chi connectivity index (χ4n) is 6.98. The molecule has 0 radical (unpaired) electrons. The van der Waals surface area contributed by atoms with Gasteiger partial charge in [0.25, 0.3) is 0 Å². The Morgan fingerprint density at radius 3 is 1.30 bits per heavy atom. The zero-order chi connectivity index (χ0) is 37.1. The Labute approximate surface area is 318 Å². The first-order valence-corrected chi connectivity index (χ1v) is 18.6. The van der Waals surface area contributed by atoms with Gasteiger partial charge in [-0.3, -0.25) is 9.59 Å². The first-order chi connectivity index (χ1) is 24.9. The molecule has 2 fully saturated rings. The fourth-order valence-corrected chi connectivity index (χ4v) is 7.11. The summed E-state index contributed by atoms with van der Waals surface area (Å²) in [4.78, 5) is 28.8. The van der Waals surface area contributed by atoms with Crippen LogP contribution in [0.25, 0.3) is 0 Å². The van der Waals surface area contributed by atoms with E-state index in [2.05, 4.69) is 9.80 Å². The molecule has 284 valence electrons. The van der Waals surface area contributed by atoms with Crippen molar-refractivity contribution in [3.63, 3.8) is 0 Å². The molecular weight excluding hydrogens is 694 g/mol. The highest BCUT2D eigenvalue weighted by molar-refractivity contribution is 6.30. The van der Waals surface area contributed by atoms with Gasteiger partial charge < -0.3 is 20.0 Å². The van der Waals surface area contributed by atoms with Crippen LogP contribution in [0.2, 0.25) is 5.02 Å². The molecule has 2 aliphatic rings. The molecule has 2 aliphatic heterocycles. The zero-order valence-corrected chi connectivity index (χ0v) is 30.6. The number of ketones is 2. The largest absolute Gasteiger partial charge is 0.385 e. The summed E-state index contributed by atoms with van der Waals surface area (Å²) in [7, 11) is 0. The molecule has 0 saturated carbocycles. The number of likely N-dealkylation sites (tertiary alicyclic amines) is 2. The van der Waals surface area contributed by atoms with Crippen molar-refractivity contribution in [2.75, 3.05) is 39.3 Å². The van der Waals surface area contributed by atoms with Crippen molar-refractivity contribution in [2.45, 2.75) is 76.9 Å². The topological polar surface area (TPSA) is 81.1 Å². The third kappa shape index (κ3) is 12.1. The zero-order valence-electron chi connectivity index (χ0n) is 29.9. The molecule has 0 unspecified atom stereocenters. The van der Waals surface area contributed by atoms with E-state index in [1.165, 1.54) is 42.0 Å². The number of aliphatic hydroxyl groups is 2. The van der Waals surface area contributed by atoms with Gasteiger partial charge >= 0.3 is 0 Å². The molecule has 53 heavy (non-hydrogen) atoms. The van der Waals surface area contributed by atoms with Crippen LogP contribution in [-0.2, 0) is 11.2 Å². The Morgan fingerprint density at radius 1 is 0.604 bits per heavy atom. The van der Waals surface area contributed by atoms with Gasteiger partial charge in [0, 0.05) is 55.2 Å². The van der Waals surface area contributed by atoms with Crippen LogP contribution < -0.4 is 0 Å². The third-order valence-corrected chi connectivity index (χ3v) is 10.7. The Morgan fingerprint density at radius 2 is 0.943 bits per heavy atom. The highest BCUT2D eigenvalue weighted by atomic mass is 35.5. The molecule has 0 spiro atoms. The van der Waals surface area contributed by atoms with E-state index in [0.29, 0.717) is 54.7 Å². The number of benzene rings is 4. The van der Waals surface area contributed by atoms with Crippen molar-refractivity contribution in [3.8, 4) is 0 Å². The molecule has 4 aromatic carbocycles. The van der Waals surface area contributed by atoms with E-state index < -0.39 is 11.2 Å². The number of piperidine rings is 2. The molecule has 0 amide bonds. The first kappa shape index (κ1) is 42.0. The molecule has 0 bridgehead atoms. The lowest BCUT2D eigenvalue weighted by atomic mass is 9.84. The van der Waals surface area contributed by atoms with Crippen LogP contribution >= 0.6 is 11.6 Å². The van der Waals surface area contributed by atoms with Crippen LogP contribution in [-0.4, -0.2) is 70.8 Å². The number of halogens is 3. The van der Waals surface area contributed by atoms with Gasteiger partial charge in [-0.1, -0.05) is 61.0 Å². The Balaban J connectivity index is 0.000000232. The summed E-state index contributed by atoms with van der Waals surface area (Å²) < 4.78 is 25.8. The molecule has 6 nitrogen and oxygen atoms in total. The average molecular weight is 747 g/mol. The maximum Gasteiger partial charge on any atom is 0.162 e. The Bertz CT molecular complexity index is 1600. The molecular formula is C44H53ClF2N2O4. The lowest BCUT2D eigenvalue weighted by Crippen LogP contribution is -2.42. The number of aryl methyl sites for hydroxylation is 1. The quantitative estimate of drug-likeness (QED) is 0.141. The fraction of sp³-hybridized carbons (Fsp3) is 0.409. The third-order valence-electron chi connectivity index (χ3n) is 10.4. The maximum atomic E-state index is 12.9. The molecule has 9 heteroatoms. The first-order valence-electron chi connectivity index (χ1n) is 18.2. The lowest BCUT2D eigenvalue weighted by molar-refractivity contribution is -0.0263. The number of nitrogens with zero attached hydrogens (tertiary/aromatic N) is 2. The SMILES string of the molecule is C.Cc1ccc(C2(O)CCN(CCCC(=O)c3ccc(F)cc3)CC2)cc1.O=C(CCCN1CCC(O)(c2ccc(Cl)cc2)CC1)c1ccc(F)cc1. The summed E-state index contributed by atoms with van der Waals surface area (Å²) in [6.07, 6.45) is 5.20. The Hall–Kier alpha value is -3.79. The molecule has 2 N–H and O–H groups in total. The highest BCUT2D eigenvalue weighted by Gasteiger charge is 2.34. The van der Waals surface area contributed by atoms with E-state index in [1.807, 2.05) is 55.5 Å². The van der Waals surface area contributed by atoms with E-state index in [4.69, 9.17) is 11.6 Å². The van der Waals surface area contributed by atoms with Gasteiger partial charge in [0.15, 0.2) is 11.6 Å². The summed E-state index contributed by atoms with van der Waals surface area (Å²) in [6, 6.07) is 26.9. The number of Topliss-reactive ketones (excluding diaryl/α,β-unsaturated/α-hetero) is 2. The lowest BCUT2D eigenvalue weighted by Gasteiger charge is -2.38. The van der Waals surface area contributed by atoms with Crippen molar-refractivity contribution < 1.29 is 28.6 Å². The number of rotatable bonds is 12. The van der Waals surface area contributed by atoms with Crippen LogP contribution in [0.5, 0.6) is 0 Å². The summed E-state index contributed by atoms with van der Waals surface area (Å²) in [5.74, 6) is -0.559. The van der Waals surface area contributed by atoms with Crippen molar-refractivity contribution in [1.29, 1.82) is 0 Å². The van der Waals surface area contributed by atoms with Crippen LogP contribution in [0.15, 0.2) is 97.1 Å². The second-order valence-electron chi connectivity index (χ2n) is 14.2. The van der Waals surface area contributed by atoms with Gasteiger partial charge in [-0.25, -0.2) is 8.78 Å². The van der Waals surface area contributed by atoms with Crippen molar-refractivity contribution >= 4 is 23.2 Å². The maximum absolute atomic E-state index is 12.9. The van der Waals surface area contributed by atoms with E-state index >= 15 is 0 Å². The minimum Gasteiger partial charge on any atom is -0.385 e. The monoisotopic (exact) mass is 746 g/mol. The van der Waals surface area contributed by atoms with Gasteiger partial charge in [0.2, 0.25) is 0 Å².